The van der Waals surface area contributed by atoms with Gasteiger partial charge in [0, 0.05) is 12.1 Å². The molecule has 1 saturated carbocycles. The highest BCUT2D eigenvalue weighted by Crippen LogP contribution is 2.33. The first-order valence-electron chi connectivity index (χ1n) is 6.68. The summed E-state index contributed by atoms with van der Waals surface area (Å²) in [7, 11) is 0. The molecule has 2 unspecified atom stereocenters. The van der Waals surface area contributed by atoms with Gasteiger partial charge in [-0.3, -0.25) is 4.90 Å². The Morgan fingerprint density at radius 3 is 2.00 bits per heavy atom. The van der Waals surface area contributed by atoms with E-state index in [-0.39, 0.29) is 0 Å². The zero-order chi connectivity index (χ0) is 10.8. The van der Waals surface area contributed by atoms with Crippen molar-refractivity contribution in [2.24, 2.45) is 17.6 Å². The molecule has 0 aromatic rings. The van der Waals surface area contributed by atoms with Crippen LogP contribution in [0.15, 0.2) is 0 Å². The highest BCUT2D eigenvalue weighted by molar-refractivity contribution is 4.88. The molecule has 2 nitrogen and oxygen atoms in total. The SMILES string of the molecule is CC1CCCC(C)C1N1CCC(N)CC1. The number of hydrogen-bond donors (Lipinski definition) is 1. The van der Waals surface area contributed by atoms with Crippen molar-refractivity contribution < 1.29 is 0 Å². The Labute approximate surface area is 94.2 Å². The predicted molar refractivity (Wildman–Crippen MR) is 64.7 cm³/mol. The molecule has 1 saturated heterocycles. The molecule has 88 valence electrons. The Morgan fingerprint density at radius 2 is 1.47 bits per heavy atom. The minimum Gasteiger partial charge on any atom is -0.328 e. The lowest BCUT2D eigenvalue weighted by Gasteiger charge is -2.45. The summed E-state index contributed by atoms with van der Waals surface area (Å²) in [4.78, 5) is 2.72. The van der Waals surface area contributed by atoms with Gasteiger partial charge in [-0.2, -0.15) is 0 Å². The third-order valence-electron chi connectivity index (χ3n) is 4.48. The first-order chi connectivity index (χ1) is 7.18. The molecule has 0 radical (unpaired) electrons. The predicted octanol–water partition coefficient (Wildman–Crippen LogP) is 2.23. The normalized spacial score (nSPS) is 40.6. The standard InChI is InChI=1S/C13H26N2/c1-10-4-3-5-11(2)13(10)15-8-6-12(14)7-9-15/h10-13H,3-9,14H2,1-2H3. The summed E-state index contributed by atoms with van der Waals surface area (Å²) in [6.07, 6.45) is 6.70. The molecule has 15 heavy (non-hydrogen) atoms. The lowest BCUT2D eigenvalue weighted by molar-refractivity contribution is 0.0501. The maximum absolute atomic E-state index is 5.97. The first-order valence-corrected chi connectivity index (χ1v) is 6.68. The summed E-state index contributed by atoms with van der Waals surface area (Å²) in [5.41, 5.74) is 5.97. The van der Waals surface area contributed by atoms with Crippen LogP contribution in [-0.2, 0) is 0 Å². The highest BCUT2D eigenvalue weighted by atomic mass is 15.2. The topological polar surface area (TPSA) is 29.3 Å². The van der Waals surface area contributed by atoms with Crippen LogP contribution in [0.2, 0.25) is 0 Å². The van der Waals surface area contributed by atoms with Gasteiger partial charge in [-0.1, -0.05) is 20.3 Å². The fourth-order valence-corrected chi connectivity index (χ4v) is 3.60. The van der Waals surface area contributed by atoms with Crippen molar-refractivity contribution in [3.8, 4) is 0 Å². The van der Waals surface area contributed by atoms with Gasteiger partial charge in [0.1, 0.15) is 0 Å². The van der Waals surface area contributed by atoms with Crippen LogP contribution in [0.3, 0.4) is 0 Å². The van der Waals surface area contributed by atoms with Crippen LogP contribution in [-0.4, -0.2) is 30.1 Å². The summed E-state index contributed by atoms with van der Waals surface area (Å²) in [6, 6.07) is 1.31. The first kappa shape index (κ1) is 11.4. The summed E-state index contributed by atoms with van der Waals surface area (Å²) in [5.74, 6) is 1.78. The molecular formula is C13H26N2. The molecule has 0 amide bonds. The molecule has 2 rings (SSSR count). The van der Waals surface area contributed by atoms with Gasteiger partial charge in [0.25, 0.3) is 0 Å². The van der Waals surface area contributed by atoms with Crippen molar-refractivity contribution >= 4 is 0 Å². The zero-order valence-electron chi connectivity index (χ0n) is 10.3. The summed E-state index contributed by atoms with van der Waals surface area (Å²) < 4.78 is 0. The van der Waals surface area contributed by atoms with Crippen LogP contribution in [0.1, 0.15) is 46.0 Å². The quantitative estimate of drug-likeness (QED) is 0.719. The lowest BCUT2D eigenvalue weighted by Crippen LogP contribution is -2.51. The van der Waals surface area contributed by atoms with Crippen LogP contribution in [0.25, 0.3) is 0 Å². The highest BCUT2D eigenvalue weighted by Gasteiger charge is 2.33. The van der Waals surface area contributed by atoms with Crippen LogP contribution < -0.4 is 5.73 Å². The van der Waals surface area contributed by atoms with E-state index in [1.54, 1.807) is 0 Å². The third kappa shape index (κ3) is 2.54. The van der Waals surface area contributed by atoms with Gasteiger partial charge in [-0.15, -0.1) is 0 Å². The second-order valence-electron chi connectivity index (χ2n) is 5.75. The molecule has 1 aliphatic carbocycles. The molecule has 2 N–H and O–H groups in total. The summed E-state index contributed by atoms with van der Waals surface area (Å²) in [5, 5.41) is 0. The molecule has 2 atom stereocenters. The lowest BCUT2D eigenvalue weighted by atomic mass is 9.77. The van der Waals surface area contributed by atoms with Crippen molar-refractivity contribution in [2.75, 3.05) is 13.1 Å². The zero-order valence-corrected chi connectivity index (χ0v) is 10.3. The maximum Gasteiger partial charge on any atom is 0.0146 e. The van der Waals surface area contributed by atoms with Gasteiger partial charge in [0.15, 0.2) is 0 Å². The number of likely N-dealkylation sites (tertiary alicyclic amines) is 1. The molecule has 0 bridgehead atoms. The van der Waals surface area contributed by atoms with Gasteiger partial charge in [0.05, 0.1) is 0 Å². The number of nitrogens with zero attached hydrogens (tertiary/aromatic N) is 1. The molecule has 0 aromatic carbocycles. The molecule has 0 spiro atoms. The van der Waals surface area contributed by atoms with E-state index in [0.717, 1.165) is 17.9 Å². The van der Waals surface area contributed by atoms with E-state index < -0.39 is 0 Å². The van der Waals surface area contributed by atoms with Crippen LogP contribution >= 0.6 is 0 Å². The van der Waals surface area contributed by atoms with E-state index in [1.807, 2.05) is 0 Å². The molecule has 1 aliphatic heterocycles. The van der Waals surface area contributed by atoms with Crippen LogP contribution in [0.4, 0.5) is 0 Å². The molecule has 0 aromatic heterocycles. The number of rotatable bonds is 1. The minimum atomic E-state index is 0.468. The fourth-order valence-electron chi connectivity index (χ4n) is 3.60. The molecule has 1 heterocycles. The van der Waals surface area contributed by atoms with E-state index in [9.17, 15) is 0 Å². The Bertz CT molecular complexity index is 187. The van der Waals surface area contributed by atoms with Crippen molar-refractivity contribution in [3.05, 3.63) is 0 Å². The number of hydrogen-bond acceptors (Lipinski definition) is 2. The Balaban J connectivity index is 1.95. The number of piperidine rings is 1. The Morgan fingerprint density at radius 1 is 0.933 bits per heavy atom. The van der Waals surface area contributed by atoms with Gasteiger partial charge < -0.3 is 5.73 Å². The second-order valence-corrected chi connectivity index (χ2v) is 5.75. The van der Waals surface area contributed by atoms with Gasteiger partial charge >= 0.3 is 0 Å². The monoisotopic (exact) mass is 210 g/mol. The van der Waals surface area contributed by atoms with E-state index in [4.69, 9.17) is 5.73 Å². The van der Waals surface area contributed by atoms with Gasteiger partial charge in [-0.05, 0) is 50.6 Å². The second kappa shape index (κ2) is 4.84. The van der Waals surface area contributed by atoms with Crippen LogP contribution in [0.5, 0.6) is 0 Å². The molecular weight excluding hydrogens is 184 g/mol. The van der Waals surface area contributed by atoms with Crippen molar-refractivity contribution in [1.29, 1.82) is 0 Å². The van der Waals surface area contributed by atoms with Crippen molar-refractivity contribution in [2.45, 2.75) is 58.0 Å². The van der Waals surface area contributed by atoms with Crippen LogP contribution in [0, 0.1) is 11.8 Å². The largest absolute Gasteiger partial charge is 0.328 e. The Kier molecular flexibility index (Phi) is 3.68. The fraction of sp³-hybridized carbons (Fsp3) is 1.00. The molecule has 2 aliphatic rings. The number of nitrogens with two attached hydrogens (primary N) is 1. The van der Waals surface area contributed by atoms with Gasteiger partial charge in [0.2, 0.25) is 0 Å². The van der Waals surface area contributed by atoms with Crippen molar-refractivity contribution in [3.63, 3.8) is 0 Å². The minimum absolute atomic E-state index is 0.468. The molecule has 2 fully saturated rings. The summed E-state index contributed by atoms with van der Waals surface area (Å²) in [6.45, 7) is 7.35. The van der Waals surface area contributed by atoms with E-state index in [2.05, 4.69) is 18.7 Å². The van der Waals surface area contributed by atoms with E-state index in [1.165, 1.54) is 45.2 Å². The smallest absolute Gasteiger partial charge is 0.0146 e. The average Bonchev–Trinajstić information content (AvgIpc) is 2.20. The average molecular weight is 210 g/mol. The summed E-state index contributed by atoms with van der Waals surface area (Å²) >= 11 is 0. The van der Waals surface area contributed by atoms with Gasteiger partial charge in [-0.25, -0.2) is 0 Å². The van der Waals surface area contributed by atoms with E-state index in [0.29, 0.717) is 6.04 Å². The maximum atomic E-state index is 5.97. The van der Waals surface area contributed by atoms with Crippen molar-refractivity contribution in [1.82, 2.24) is 4.90 Å². The third-order valence-corrected chi connectivity index (χ3v) is 4.48. The van der Waals surface area contributed by atoms with E-state index >= 15 is 0 Å². The molecule has 2 heteroatoms. The Hall–Kier alpha value is -0.0800.